The van der Waals surface area contributed by atoms with Crippen molar-refractivity contribution in [2.24, 2.45) is 0 Å². The van der Waals surface area contributed by atoms with Gasteiger partial charge in [-0.3, -0.25) is 4.79 Å². The zero-order chi connectivity index (χ0) is 18.6. The quantitative estimate of drug-likeness (QED) is 0.499. The van der Waals surface area contributed by atoms with E-state index in [0.717, 1.165) is 22.6 Å². The van der Waals surface area contributed by atoms with Crippen LogP contribution in [0.25, 0.3) is 21.3 Å². The number of rotatable bonds is 3. The molecule has 1 atom stereocenters. The van der Waals surface area contributed by atoms with Gasteiger partial charge in [-0.15, -0.1) is 11.3 Å². The van der Waals surface area contributed by atoms with Crippen molar-refractivity contribution in [1.29, 1.82) is 0 Å². The topological polar surface area (TPSA) is 74.4 Å². The molecule has 4 aromatic rings. The lowest BCUT2D eigenvalue weighted by Gasteiger charge is -2.08. The van der Waals surface area contributed by atoms with Crippen molar-refractivity contribution in [3.8, 4) is 0 Å². The number of imidazole rings is 1. The fourth-order valence-electron chi connectivity index (χ4n) is 2.72. The maximum Gasteiger partial charge on any atom is 0.259 e. The number of fused-ring (bicyclic) bond motifs is 2. The highest BCUT2D eigenvalue weighted by molar-refractivity contribution is 7.99. The van der Waals surface area contributed by atoms with E-state index < -0.39 is 11.6 Å². The van der Waals surface area contributed by atoms with E-state index in [0.29, 0.717) is 32.2 Å². The van der Waals surface area contributed by atoms with E-state index in [4.69, 9.17) is 0 Å². The van der Waals surface area contributed by atoms with Crippen molar-refractivity contribution in [2.45, 2.75) is 31.2 Å². The molecule has 2 N–H and O–H groups in total. The second kappa shape index (κ2) is 6.17. The van der Waals surface area contributed by atoms with E-state index in [1.165, 1.54) is 23.1 Å². The molecule has 134 valence electrons. The van der Waals surface area contributed by atoms with Gasteiger partial charge in [0.15, 0.2) is 16.8 Å². The van der Waals surface area contributed by atoms with Gasteiger partial charge in [-0.2, -0.15) is 0 Å². The van der Waals surface area contributed by atoms with Crippen molar-refractivity contribution in [2.75, 3.05) is 0 Å². The van der Waals surface area contributed by atoms with E-state index in [1.807, 2.05) is 20.8 Å². The Hall–Kier alpha value is -2.26. The summed E-state index contributed by atoms with van der Waals surface area (Å²) in [6.45, 7) is 5.76. The maximum absolute atomic E-state index is 13.3. The summed E-state index contributed by atoms with van der Waals surface area (Å²) in [4.78, 5) is 28.8. The van der Waals surface area contributed by atoms with Gasteiger partial charge >= 0.3 is 0 Å². The average molecular weight is 392 g/mol. The first-order valence-electron chi connectivity index (χ1n) is 7.85. The summed E-state index contributed by atoms with van der Waals surface area (Å²) < 4.78 is 26.7. The molecule has 1 aromatic carbocycles. The monoisotopic (exact) mass is 392 g/mol. The van der Waals surface area contributed by atoms with Crippen molar-refractivity contribution in [3.63, 3.8) is 0 Å². The lowest BCUT2D eigenvalue weighted by atomic mass is 10.2. The minimum Gasteiger partial charge on any atom is -0.333 e. The Bertz CT molecular complexity index is 1170. The van der Waals surface area contributed by atoms with Gasteiger partial charge in [-0.25, -0.2) is 18.7 Å². The van der Waals surface area contributed by atoms with Crippen molar-refractivity contribution in [3.05, 3.63) is 50.4 Å². The normalized spacial score (nSPS) is 13.0. The van der Waals surface area contributed by atoms with E-state index >= 15 is 0 Å². The number of aryl methyl sites for hydroxylation is 2. The molecular weight excluding hydrogens is 378 g/mol. The number of hydrogen-bond acceptors (Lipinski definition) is 5. The first kappa shape index (κ1) is 17.2. The molecule has 0 aliphatic carbocycles. The molecule has 3 aromatic heterocycles. The standard InChI is InChI=1S/C17H14F2N4OS2/c1-6-7(2)25-16-13(6)15(24)22-14(23-16)8(3)26-17-20-11-4-9(18)10(19)5-12(11)21-17/h4-5,8H,1-3H3,(H,20,21)(H,22,23,24). The molecular formula is C17H14F2N4OS2. The number of H-pyrrole nitrogens is 2. The Morgan fingerprint density at radius 3 is 2.65 bits per heavy atom. The highest BCUT2D eigenvalue weighted by atomic mass is 32.2. The number of hydrogen-bond donors (Lipinski definition) is 2. The number of aromatic amines is 2. The molecule has 0 bridgehead atoms. The van der Waals surface area contributed by atoms with Crippen LogP contribution in [0.1, 0.15) is 28.4 Å². The second-order valence-corrected chi connectivity index (χ2v) is 8.53. The summed E-state index contributed by atoms with van der Waals surface area (Å²) in [6, 6.07) is 2.13. The molecule has 0 saturated carbocycles. The number of aromatic nitrogens is 4. The third-order valence-corrected chi connectivity index (χ3v) is 6.33. The molecule has 4 rings (SSSR count). The van der Waals surface area contributed by atoms with Gasteiger partial charge in [0.25, 0.3) is 5.56 Å². The average Bonchev–Trinajstić information content (AvgIpc) is 3.08. The first-order chi connectivity index (χ1) is 12.3. The van der Waals surface area contributed by atoms with Crippen LogP contribution in [0.4, 0.5) is 8.78 Å². The van der Waals surface area contributed by atoms with Crippen LogP contribution in [0.3, 0.4) is 0 Å². The van der Waals surface area contributed by atoms with Crippen LogP contribution in [0.5, 0.6) is 0 Å². The molecule has 0 radical (unpaired) electrons. The fourth-order valence-corrected chi connectivity index (χ4v) is 4.64. The summed E-state index contributed by atoms with van der Waals surface area (Å²) in [5.74, 6) is -1.33. The Morgan fingerprint density at radius 1 is 1.15 bits per heavy atom. The first-order valence-corrected chi connectivity index (χ1v) is 9.54. The Morgan fingerprint density at radius 2 is 1.88 bits per heavy atom. The Balaban J connectivity index is 1.69. The molecule has 3 heterocycles. The molecule has 0 fully saturated rings. The number of thioether (sulfide) groups is 1. The molecule has 0 aliphatic heterocycles. The van der Waals surface area contributed by atoms with Crippen LogP contribution in [-0.4, -0.2) is 19.9 Å². The highest BCUT2D eigenvalue weighted by Crippen LogP contribution is 2.34. The fraction of sp³-hybridized carbons (Fsp3) is 0.235. The predicted molar refractivity (Wildman–Crippen MR) is 100.0 cm³/mol. The van der Waals surface area contributed by atoms with Gasteiger partial charge in [0, 0.05) is 17.0 Å². The molecule has 0 spiro atoms. The Labute approximate surface area is 154 Å². The number of benzene rings is 1. The van der Waals surface area contributed by atoms with Crippen LogP contribution in [-0.2, 0) is 0 Å². The zero-order valence-corrected chi connectivity index (χ0v) is 15.7. The minimum absolute atomic E-state index is 0.159. The molecule has 5 nitrogen and oxygen atoms in total. The van der Waals surface area contributed by atoms with Gasteiger partial charge in [-0.1, -0.05) is 11.8 Å². The van der Waals surface area contributed by atoms with Gasteiger partial charge in [0.1, 0.15) is 10.7 Å². The van der Waals surface area contributed by atoms with Crippen LogP contribution in [0.15, 0.2) is 22.1 Å². The summed E-state index contributed by atoms with van der Waals surface area (Å²) in [5, 5.41) is 0.923. The lowest BCUT2D eigenvalue weighted by molar-refractivity contribution is 0.510. The van der Waals surface area contributed by atoms with Gasteiger partial charge in [0.2, 0.25) is 0 Å². The third-order valence-electron chi connectivity index (χ3n) is 4.23. The summed E-state index contributed by atoms with van der Waals surface area (Å²) in [6.07, 6.45) is 0. The Kier molecular flexibility index (Phi) is 4.07. The minimum atomic E-state index is -0.937. The smallest absolute Gasteiger partial charge is 0.259 e. The van der Waals surface area contributed by atoms with Crippen molar-refractivity contribution >= 4 is 44.3 Å². The number of halogens is 2. The number of nitrogens with zero attached hydrogens (tertiary/aromatic N) is 2. The van der Waals surface area contributed by atoms with Crippen LogP contribution in [0.2, 0.25) is 0 Å². The second-order valence-electron chi connectivity index (χ2n) is 6.00. The SMILES string of the molecule is Cc1sc2nc(C(C)Sc3nc4cc(F)c(F)cc4[nH]3)[nH]c(=O)c2c1C. The lowest BCUT2D eigenvalue weighted by Crippen LogP contribution is -2.12. The molecule has 9 heteroatoms. The summed E-state index contributed by atoms with van der Waals surface area (Å²) in [5.41, 5.74) is 1.56. The molecule has 0 amide bonds. The molecule has 26 heavy (non-hydrogen) atoms. The predicted octanol–water partition coefficient (Wildman–Crippen LogP) is 4.61. The molecule has 1 unspecified atom stereocenters. The van der Waals surface area contributed by atoms with E-state index in [-0.39, 0.29) is 10.8 Å². The summed E-state index contributed by atoms with van der Waals surface area (Å²) in [7, 11) is 0. The highest BCUT2D eigenvalue weighted by Gasteiger charge is 2.18. The van der Waals surface area contributed by atoms with Gasteiger partial charge in [-0.05, 0) is 26.3 Å². The molecule has 0 saturated heterocycles. The molecule has 0 aliphatic rings. The summed E-state index contributed by atoms with van der Waals surface area (Å²) >= 11 is 2.81. The van der Waals surface area contributed by atoms with Crippen LogP contribution < -0.4 is 5.56 Å². The van der Waals surface area contributed by atoms with Gasteiger partial charge < -0.3 is 9.97 Å². The largest absolute Gasteiger partial charge is 0.333 e. The third kappa shape index (κ3) is 2.80. The zero-order valence-electron chi connectivity index (χ0n) is 14.1. The van der Waals surface area contributed by atoms with Crippen LogP contribution in [0, 0.1) is 25.5 Å². The van der Waals surface area contributed by atoms with E-state index in [1.54, 1.807) is 0 Å². The van der Waals surface area contributed by atoms with Crippen molar-refractivity contribution in [1.82, 2.24) is 19.9 Å². The van der Waals surface area contributed by atoms with Crippen molar-refractivity contribution < 1.29 is 8.78 Å². The van der Waals surface area contributed by atoms with Crippen LogP contribution >= 0.6 is 23.1 Å². The van der Waals surface area contributed by atoms with Gasteiger partial charge in [0.05, 0.1) is 21.7 Å². The number of thiophene rings is 1. The van der Waals surface area contributed by atoms with E-state index in [9.17, 15) is 13.6 Å². The van der Waals surface area contributed by atoms with E-state index in [2.05, 4.69) is 19.9 Å². The maximum atomic E-state index is 13.3. The number of nitrogens with one attached hydrogen (secondary N) is 2.